The molecular formula is C8H10Cl3N5OS2. The van der Waals surface area contributed by atoms with Gasteiger partial charge in [-0.25, -0.2) is 4.98 Å². The van der Waals surface area contributed by atoms with Crippen LogP contribution < -0.4 is 16.2 Å². The van der Waals surface area contributed by atoms with Crippen molar-refractivity contribution >= 4 is 75.7 Å². The normalized spacial score (nSPS) is 12.7. The van der Waals surface area contributed by atoms with E-state index in [1.165, 1.54) is 0 Å². The Bertz CT molecular complexity index is 470. The molecule has 0 spiro atoms. The number of hydrogen-bond donors (Lipinski definition) is 5. The Balaban J connectivity index is 2.82. The van der Waals surface area contributed by atoms with Crippen molar-refractivity contribution < 1.29 is 5.11 Å². The third-order valence-electron chi connectivity index (χ3n) is 1.73. The molecule has 1 heterocycles. The van der Waals surface area contributed by atoms with Crippen LogP contribution in [0.3, 0.4) is 0 Å². The van der Waals surface area contributed by atoms with Gasteiger partial charge in [-0.15, -0.1) is 12.6 Å². The maximum atomic E-state index is 9.58. The second kappa shape index (κ2) is 6.96. The molecular weight excluding hydrogens is 353 g/mol. The molecule has 0 radical (unpaired) electrons. The highest BCUT2D eigenvalue weighted by molar-refractivity contribution is 8.11. The lowest BCUT2D eigenvalue weighted by molar-refractivity contribution is 0.207. The lowest BCUT2D eigenvalue weighted by atomic mass is 10.4. The van der Waals surface area contributed by atoms with Crippen LogP contribution in [-0.4, -0.2) is 29.4 Å². The fourth-order valence-electron chi connectivity index (χ4n) is 1.02. The number of thiocarbonyl (C=S) groups is 1. The van der Waals surface area contributed by atoms with Crippen molar-refractivity contribution in [1.29, 1.82) is 0 Å². The van der Waals surface area contributed by atoms with Crippen molar-refractivity contribution in [3.63, 3.8) is 0 Å². The van der Waals surface area contributed by atoms with Crippen molar-refractivity contribution in [2.24, 2.45) is 0 Å². The first-order chi connectivity index (χ1) is 8.68. The number of nitrogens with zero attached hydrogens (tertiary/aromatic N) is 2. The van der Waals surface area contributed by atoms with Crippen molar-refractivity contribution in [3.8, 4) is 0 Å². The van der Waals surface area contributed by atoms with Crippen LogP contribution in [0.25, 0.3) is 0 Å². The van der Waals surface area contributed by atoms with Crippen LogP contribution in [-0.2, 0) is 0 Å². The molecule has 1 aromatic rings. The van der Waals surface area contributed by atoms with E-state index in [9.17, 15) is 5.11 Å². The van der Waals surface area contributed by atoms with Gasteiger partial charge >= 0.3 is 0 Å². The number of hydrogen-bond acceptors (Lipinski definition) is 6. The van der Waals surface area contributed by atoms with E-state index in [1.807, 2.05) is 0 Å². The zero-order valence-electron chi connectivity index (χ0n) is 9.49. The molecule has 0 fully saturated rings. The quantitative estimate of drug-likeness (QED) is 0.184. The lowest BCUT2D eigenvalue weighted by Crippen LogP contribution is -2.34. The van der Waals surface area contributed by atoms with Gasteiger partial charge < -0.3 is 10.4 Å². The van der Waals surface area contributed by atoms with Crippen LogP contribution in [0, 0.1) is 6.92 Å². The standard InChI is InChI=1S/C8H10Cl3N5OS2/c1-3-2-4(15-16-7(18)19)13-6(12-3)14-5(17)8(9,10)11/h2,5,17H,1H3,(H2,16,18,19)(H2,12,13,14,15)/t5-/m1/s1. The molecule has 106 valence electrons. The van der Waals surface area contributed by atoms with Crippen molar-refractivity contribution in [1.82, 2.24) is 15.4 Å². The topological polar surface area (TPSA) is 82.1 Å². The molecule has 0 bridgehead atoms. The Morgan fingerprint density at radius 1 is 1.47 bits per heavy atom. The lowest BCUT2D eigenvalue weighted by Gasteiger charge is -2.20. The van der Waals surface area contributed by atoms with E-state index in [0.29, 0.717) is 11.5 Å². The van der Waals surface area contributed by atoms with Gasteiger partial charge in [-0.2, -0.15) is 4.98 Å². The number of anilines is 2. The summed E-state index contributed by atoms with van der Waals surface area (Å²) in [6.07, 6.45) is -1.45. The smallest absolute Gasteiger partial charge is 0.234 e. The highest BCUT2D eigenvalue weighted by Crippen LogP contribution is 2.30. The minimum Gasteiger partial charge on any atom is -0.369 e. The number of hydrazine groups is 1. The largest absolute Gasteiger partial charge is 0.369 e. The van der Waals surface area contributed by atoms with Crippen molar-refractivity contribution in [2.45, 2.75) is 16.9 Å². The molecule has 0 aliphatic rings. The summed E-state index contributed by atoms with van der Waals surface area (Å²) in [6.45, 7) is 1.73. The predicted molar refractivity (Wildman–Crippen MR) is 85.0 cm³/mol. The Morgan fingerprint density at radius 3 is 2.63 bits per heavy atom. The Hall–Kier alpha value is -0.250. The second-order valence-corrected chi connectivity index (χ2v) is 6.89. The van der Waals surface area contributed by atoms with E-state index in [4.69, 9.17) is 47.0 Å². The number of aromatic nitrogens is 2. The van der Waals surface area contributed by atoms with Crippen LogP contribution in [0.4, 0.5) is 11.8 Å². The average molecular weight is 363 g/mol. The molecule has 1 rings (SSSR count). The van der Waals surface area contributed by atoms with Crippen LogP contribution in [0.5, 0.6) is 0 Å². The molecule has 4 N–H and O–H groups in total. The number of halogens is 3. The zero-order chi connectivity index (χ0) is 14.6. The maximum Gasteiger partial charge on any atom is 0.234 e. The van der Waals surface area contributed by atoms with Crippen LogP contribution in [0.1, 0.15) is 5.69 Å². The second-order valence-electron chi connectivity index (χ2n) is 3.36. The Kier molecular flexibility index (Phi) is 6.15. The van der Waals surface area contributed by atoms with E-state index >= 15 is 0 Å². The van der Waals surface area contributed by atoms with Gasteiger partial charge in [0.15, 0.2) is 6.23 Å². The summed E-state index contributed by atoms with van der Waals surface area (Å²) in [7, 11) is 0. The van der Waals surface area contributed by atoms with Gasteiger partial charge in [0.2, 0.25) is 9.74 Å². The first kappa shape index (κ1) is 16.8. The van der Waals surface area contributed by atoms with Crippen LogP contribution in [0.15, 0.2) is 6.07 Å². The summed E-state index contributed by atoms with van der Waals surface area (Å²) >= 11 is 25.2. The molecule has 19 heavy (non-hydrogen) atoms. The van der Waals surface area contributed by atoms with E-state index in [-0.39, 0.29) is 10.3 Å². The number of aliphatic hydroxyl groups is 1. The molecule has 0 unspecified atom stereocenters. The summed E-state index contributed by atoms with van der Waals surface area (Å²) in [5, 5.41) is 12.1. The zero-order valence-corrected chi connectivity index (χ0v) is 13.5. The monoisotopic (exact) mass is 361 g/mol. The van der Waals surface area contributed by atoms with E-state index in [2.05, 4.69) is 38.8 Å². The molecule has 0 aromatic carbocycles. The molecule has 0 amide bonds. The van der Waals surface area contributed by atoms with Gasteiger partial charge in [-0.3, -0.25) is 10.9 Å². The first-order valence-electron chi connectivity index (χ1n) is 4.80. The van der Waals surface area contributed by atoms with Gasteiger partial charge in [0.25, 0.3) is 0 Å². The predicted octanol–water partition coefficient (Wildman–Crippen LogP) is 2.02. The SMILES string of the molecule is Cc1cc(NNC(=S)S)nc(N[C@H](O)C(Cl)(Cl)Cl)n1. The highest BCUT2D eigenvalue weighted by Gasteiger charge is 2.31. The van der Waals surface area contributed by atoms with Crippen LogP contribution in [0.2, 0.25) is 0 Å². The third-order valence-corrected chi connectivity index (χ3v) is 2.56. The minimum absolute atomic E-state index is 0.0909. The van der Waals surface area contributed by atoms with Crippen molar-refractivity contribution in [3.05, 3.63) is 11.8 Å². The van der Waals surface area contributed by atoms with Crippen molar-refractivity contribution in [2.75, 3.05) is 10.7 Å². The van der Waals surface area contributed by atoms with Gasteiger partial charge in [0.05, 0.1) is 0 Å². The summed E-state index contributed by atoms with van der Waals surface area (Å²) < 4.78 is -1.65. The number of aliphatic hydroxyl groups excluding tert-OH is 1. The molecule has 0 aliphatic carbocycles. The Labute approximate surface area is 135 Å². The third kappa shape index (κ3) is 6.15. The molecule has 11 heteroatoms. The van der Waals surface area contributed by atoms with E-state index in [1.54, 1.807) is 13.0 Å². The summed E-state index contributed by atoms with van der Waals surface area (Å²) in [5.74, 6) is 0.496. The minimum atomic E-state index is -1.90. The van der Waals surface area contributed by atoms with Gasteiger partial charge in [0.1, 0.15) is 10.1 Å². The van der Waals surface area contributed by atoms with E-state index < -0.39 is 10.0 Å². The van der Waals surface area contributed by atoms with Gasteiger partial charge in [-0.1, -0.05) is 47.0 Å². The average Bonchev–Trinajstić information content (AvgIpc) is 2.24. The molecule has 1 aromatic heterocycles. The summed E-state index contributed by atoms with van der Waals surface area (Å²) in [6, 6.07) is 1.64. The fraction of sp³-hybridized carbons (Fsp3) is 0.375. The summed E-state index contributed by atoms with van der Waals surface area (Å²) in [4.78, 5) is 8.07. The maximum absolute atomic E-state index is 9.58. The number of nitrogens with one attached hydrogen (secondary N) is 3. The molecule has 1 atom stereocenters. The number of rotatable bonds is 4. The van der Waals surface area contributed by atoms with E-state index in [0.717, 1.165) is 0 Å². The number of aryl methyl sites for hydroxylation is 1. The Morgan fingerprint density at radius 2 is 2.11 bits per heavy atom. The summed E-state index contributed by atoms with van der Waals surface area (Å²) in [5.41, 5.74) is 5.91. The van der Waals surface area contributed by atoms with Gasteiger partial charge in [-0.05, 0) is 6.92 Å². The van der Waals surface area contributed by atoms with Crippen LogP contribution >= 0.6 is 59.6 Å². The number of alkyl halides is 3. The molecule has 0 saturated carbocycles. The highest BCUT2D eigenvalue weighted by atomic mass is 35.6. The molecule has 6 nitrogen and oxygen atoms in total. The number of thiol groups is 1. The molecule has 0 aliphatic heterocycles. The fourth-order valence-corrected chi connectivity index (χ4v) is 1.29. The first-order valence-corrected chi connectivity index (χ1v) is 6.79. The molecule has 0 saturated heterocycles. The van der Waals surface area contributed by atoms with Gasteiger partial charge in [0, 0.05) is 11.8 Å².